The van der Waals surface area contributed by atoms with E-state index in [0.717, 1.165) is 30.9 Å². The first-order valence-corrected chi connectivity index (χ1v) is 6.38. The van der Waals surface area contributed by atoms with E-state index in [4.69, 9.17) is 9.47 Å². The Morgan fingerprint density at radius 2 is 1.94 bits per heavy atom. The van der Waals surface area contributed by atoms with Gasteiger partial charge < -0.3 is 14.8 Å². The summed E-state index contributed by atoms with van der Waals surface area (Å²) < 4.78 is 10.4. The summed E-state index contributed by atoms with van der Waals surface area (Å²) in [6, 6.07) is 7.56. The zero-order valence-corrected chi connectivity index (χ0v) is 11.1. The zero-order chi connectivity index (χ0) is 13.2. The van der Waals surface area contributed by atoms with Crippen molar-refractivity contribution in [2.45, 2.75) is 26.7 Å². The zero-order valence-electron chi connectivity index (χ0n) is 11.1. The van der Waals surface area contributed by atoms with Crippen LogP contribution < -0.4 is 10.1 Å². The average Bonchev–Trinajstić information content (AvgIpc) is 2.38. The number of carbonyl (C=O) groups excluding carboxylic acids is 1. The van der Waals surface area contributed by atoms with Gasteiger partial charge in [-0.1, -0.05) is 13.3 Å². The molecule has 0 aliphatic rings. The molecule has 0 aliphatic heterocycles. The van der Waals surface area contributed by atoms with E-state index >= 15 is 0 Å². The number of anilines is 1. The molecule has 0 unspecified atom stereocenters. The van der Waals surface area contributed by atoms with Crippen LogP contribution in [-0.4, -0.2) is 25.7 Å². The number of hydrogen-bond acceptors (Lipinski definition) is 4. The van der Waals surface area contributed by atoms with Crippen LogP contribution in [0.2, 0.25) is 0 Å². The van der Waals surface area contributed by atoms with Crippen LogP contribution in [0.25, 0.3) is 0 Å². The molecule has 1 aromatic carbocycles. The maximum atomic E-state index is 11.1. The highest BCUT2D eigenvalue weighted by molar-refractivity contribution is 5.74. The molecule has 0 heterocycles. The second-order valence-corrected chi connectivity index (χ2v) is 3.88. The van der Waals surface area contributed by atoms with Crippen LogP contribution in [0.4, 0.5) is 5.69 Å². The maximum absolute atomic E-state index is 11.1. The Morgan fingerprint density at radius 1 is 1.22 bits per heavy atom. The van der Waals surface area contributed by atoms with Gasteiger partial charge in [0, 0.05) is 5.69 Å². The van der Waals surface area contributed by atoms with Crippen LogP contribution in [-0.2, 0) is 9.53 Å². The quantitative estimate of drug-likeness (QED) is 0.570. The fourth-order valence-corrected chi connectivity index (χ4v) is 1.39. The minimum Gasteiger partial charge on any atom is -0.494 e. The molecule has 1 rings (SSSR count). The lowest BCUT2D eigenvalue weighted by molar-refractivity contribution is -0.140. The molecule has 4 nitrogen and oxygen atoms in total. The molecule has 1 aromatic rings. The largest absolute Gasteiger partial charge is 0.494 e. The van der Waals surface area contributed by atoms with E-state index in [1.807, 2.05) is 24.3 Å². The van der Waals surface area contributed by atoms with E-state index in [-0.39, 0.29) is 12.5 Å². The Hall–Kier alpha value is -1.71. The van der Waals surface area contributed by atoms with Gasteiger partial charge in [0.2, 0.25) is 0 Å². The molecule has 0 saturated carbocycles. The molecule has 0 radical (unpaired) electrons. The molecular formula is C14H21NO3. The molecule has 100 valence electrons. The Kier molecular flexibility index (Phi) is 6.69. The van der Waals surface area contributed by atoms with Crippen molar-refractivity contribution in [3.05, 3.63) is 24.3 Å². The standard InChI is InChI=1S/C14H21NO3/c1-3-5-10-18-13-8-6-12(7-9-13)15-11-14(16)17-4-2/h6-9,15H,3-5,10-11H2,1-2H3. The minimum absolute atomic E-state index is 0.184. The van der Waals surface area contributed by atoms with Crippen LogP contribution in [0.1, 0.15) is 26.7 Å². The predicted octanol–water partition coefficient (Wildman–Crippen LogP) is 2.84. The van der Waals surface area contributed by atoms with Gasteiger partial charge in [-0.25, -0.2) is 0 Å². The van der Waals surface area contributed by atoms with Crippen molar-refractivity contribution in [1.82, 2.24) is 0 Å². The normalized spacial score (nSPS) is 9.89. The van der Waals surface area contributed by atoms with E-state index in [1.54, 1.807) is 6.92 Å². The fourth-order valence-electron chi connectivity index (χ4n) is 1.39. The second kappa shape index (κ2) is 8.39. The monoisotopic (exact) mass is 251 g/mol. The van der Waals surface area contributed by atoms with Gasteiger partial charge in [0.05, 0.1) is 13.2 Å². The average molecular weight is 251 g/mol. The molecule has 1 N–H and O–H groups in total. The van der Waals surface area contributed by atoms with Crippen LogP contribution in [0, 0.1) is 0 Å². The van der Waals surface area contributed by atoms with E-state index < -0.39 is 0 Å². The maximum Gasteiger partial charge on any atom is 0.325 e. The highest BCUT2D eigenvalue weighted by atomic mass is 16.5. The van der Waals surface area contributed by atoms with Crippen LogP contribution in [0.3, 0.4) is 0 Å². The number of carbonyl (C=O) groups is 1. The fraction of sp³-hybridized carbons (Fsp3) is 0.500. The lowest BCUT2D eigenvalue weighted by Gasteiger charge is -2.08. The first kappa shape index (κ1) is 14.4. The number of nitrogens with one attached hydrogen (secondary N) is 1. The van der Waals surface area contributed by atoms with Crippen LogP contribution >= 0.6 is 0 Å². The number of rotatable bonds is 8. The Balaban J connectivity index is 2.33. The van der Waals surface area contributed by atoms with E-state index in [9.17, 15) is 4.79 Å². The third kappa shape index (κ3) is 5.57. The first-order chi connectivity index (χ1) is 8.76. The highest BCUT2D eigenvalue weighted by Crippen LogP contribution is 2.15. The van der Waals surface area contributed by atoms with Crippen LogP contribution in [0.15, 0.2) is 24.3 Å². The minimum atomic E-state index is -0.249. The topological polar surface area (TPSA) is 47.6 Å². The smallest absolute Gasteiger partial charge is 0.325 e. The lowest BCUT2D eigenvalue weighted by atomic mass is 10.3. The molecule has 0 spiro atoms. The number of ether oxygens (including phenoxy) is 2. The summed E-state index contributed by atoms with van der Waals surface area (Å²) in [6.07, 6.45) is 2.18. The molecule has 0 fully saturated rings. The van der Waals surface area contributed by atoms with Gasteiger partial charge in [0.1, 0.15) is 12.3 Å². The molecule has 0 atom stereocenters. The summed E-state index contributed by atoms with van der Waals surface area (Å²) in [6.45, 7) is 5.26. The summed E-state index contributed by atoms with van der Waals surface area (Å²) in [4.78, 5) is 11.1. The van der Waals surface area contributed by atoms with Crippen molar-refractivity contribution in [1.29, 1.82) is 0 Å². The molecule has 0 amide bonds. The summed E-state index contributed by atoms with van der Waals surface area (Å²) >= 11 is 0. The van der Waals surface area contributed by atoms with Crippen molar-refractivity contribution in [3.8, 4) is 5.75 Å². The van der Waals surface area contributed by atoms with Gasteiger partial charge in [0.15, 0.2) is 0 Å². The van der Waals surface area contributed by atoms with E-state index in [0.29, 0.717) is 6.61 Å². The molecule has 18 heavy (non-hydrogen) atoms. The summed E-state index contributed by atoms with van der Waals surface area (Å²) in [5, 5.41) is 2.99. The van der Waals surface area contributed by atoms with Crippen molar-refractivity contribution in [3.63, 3.8) is 0 Å². The SMILES string of the molecule is CCCCOc1ccc(NCC(=O)OCC)cc1. The second-order valence-electron chi connectivity index (χ2n) is 3.88. The van der Waals surface area contributed by atoms with Gasteiger partial charge in [0.25, 0.3) is 0 Å². The van der Waals surface area contributed by atoms with E-state index in [2.05, 4.69) is 12.2 Å². The van der Waals surface area contributed by atoms with Gasteiger partial charge in [-0.15, -0.1) is 0 Å². The Bertz CT molecular complexity index is 349. The van der Waals surface area contributed by atoms with Crippen molar-refractivity contribution in [2.24, 2.45) is 0 Å². The molecule has 0 aromatic heterocycles. The van der Waals surface area contributed by atoms with Crippen LogP contribution in [0.5, 0.6) is 5.75 Å². The van der Waals surface area contributed by atoms with E-state index in [1.165, 1.54) is 0 Å². The highest BCUT2D eigenvalue weighted by Gasteiger charge is 2.01. The molecule has 0 saturated heterocycles. The summed E-state index contributed by atoms with van der Waals surface area (Å²) in [5.74, 6) is 0.603. The number of esters is 1. The summed E-state index contributed by atoms with van der Waals surface area (Å²) in [7, 11) is 0. The first-order valence-electron chi connectivity index (χ1n) is 6.38. The van der Waals surface area contributed by atoms with Gasteiger partial charge >= 0.3 is 5.97 Å². The Morgan fingerprint density at radius 3 is 2.56 bits per heavy atom. The number of hydrogen-bond donors (Lipinski definition) is 1. The molecule has 0 aliphatic carbocycles. The third-order valence-electron chi connectivity index (χ3n) is 2.36. The Labute approximate surface area is 108 Å². The van der Waals surface area contributed by atoms with Gasteiger partial charge in [-0.05, 0) is 37.6 Å². The third-order valence-corrected chi connectivity index (χ3v) is 2.36. The predicted molar refractivity (Wildman–Crippen MR) is 72.0 cm³/mol. The summed E-state index contributed by atoms with van der Waals surface area (Å²) in [5.41, 5.74) is 0.880. The molecule has 0 bridgehead atoms. The van der Waals surface area contributed by atoms with Gasteiger partial charge in [-0.2, -0.15) is 0 Å². The number of unbranched alkanes of at least 4 members (excludes halogenated alkanes) is 1. The lowest BCUT2D eigenvalue weighted by Crippen LogP contribution is -2.16. The van der Waals surface area contributed by atoms with Crippen molar-refractivity contribution < 1.29 is 14.3 Å². The number of benzene rings is 1. The van der Waals surface area contributed by atoms with Gasteiger partial charge in [-0.3, -0.25) is 4.79 Å². The molecule has 4 heteroatoms. The van der Waals surface area contributed by atoms with Crippen molar-refractivity contribution in [2.75, 3.05) is 25.1 Å². The molecular weight excluding hydrogens is 230 g/mol. The van der Waals surface area contributed by atoms with Crippen molar-refractivity contribution >= 4 is 11.7 Å².